The number of halogens is 1. The van der Waals surface area contributed by atoms with Crippen molar-refractivity contribution in [2.45, 2.75) is 6.92 Å². The molecule has 2 aromatic heterocycles. The maximum Gasteiger partial charge on any atom is 0.0746 e. The zero-order valence-electron chi connectivity index (χ0n) is 6.58. The van der Waals surface area contributed by atoms with Crippen LogP contribution in [-0.4, -0.2) is 9.97 Å². The largest absolute Gasteiger partial charge is 0.264 e. The van der Waals surface area contributed by atoms with Crippen LogP contribution in [0.1, 0.15) is 5.69 Å². The summed E-state index contributed by atoms with van der Waals surface area (Å²) in [6, 6.07) is 4.00. The molecule has 0 aliphatic rings. The second-order valence-corrected chi connectivity index (χ2v) is 3.80. The van der Waals surface area contributed by atoms with E-state index in [4.69, 9.17) is 0 Å². The predicted molar refractivity (Wildman–Crippen MR) is 57.0 cm³/mol. The molecule has 0 amide bonds. The molecule has 2 aromatic rings. The molecule has 0 aliphatic heterocycles. The standard InChI is InChI=1S/C9H7IN2/c1-6-4-8(10)7-5-11-3-2-9(7)12-6/h2-5H,1H3. The third-order valence-electron chi connectivity index (χ3n) is 1.69. The molecule has 2 rings (SSSR count). The summed E-state index contributed by atoms with van der Waals surface area (Å²) in [6.45, 7) is 2.00. The average molecular weight is 270 g/mol. The number of fused-ring (bicyclic) bond motifs is 1. The monoisotopic (exact) mass is 270 g/mol. The maximum atomic E-state index is 4.39. The third-order valence-corrected chi connectivity index (χ3v) is 2.58. The number of aryl methyl sites for hydroxylation is 1. The molecule has 0 radical (unpaired) electrons. The van der Waals surface area contributed by atoms with Crippen LogP contribution in [0.4, 0.5) is 0 Å². The van der Waals surface area contributed by atoms with Gasteiger partial charge < -0.3 is 0 Å². The number of nitrogens with zero attached hydrogens (tertiary/aromatic N) is 2. The van der Waals surface area contributed by atoms with Crippen LogP contribution < -0.4 is 0 Å². The van der Waals surface area contributed by atoms with Gasteiger partial charge >= 0.3 is 0 Å². The maximum absolute atomic E-state index is 4.39. The van der Waals surface area contributed by atoms with Crippen LogP contribution >= 0.6 is 22.6 Å². The first-order valence-electron chi connectivity index (χ1n) is 3.64. The zero-order chi connectivity index (χ0) is 8.55. The van der Waals surface area contributed by atoms with Gasteiger partial charge in [0.15, 0.2) is 0 Å². The van der Waals surface area contributed by atoms with Gasteiger partial charge in [0.25, 0.3) is 0 Å². The third kappa shape index (κ3) is 1.29. The van der Waals surface area contributed by atoms with E-state index in [1.807, 2.05) is 19.2 Å². The lowest BCUT2D eigenvalue weighted by atomic mass is 10.2. The van der Waals surface area contributed by atoms with Crippen molar-refractivity contribution in [1.29, 1.82) is 0 Å². The Bertz CT molecular complexity index is 426. The first-order chi connectivity index (χ1) is 5.77. The molecule has 0 saturated heterocycles. The predicted octanol–water partition coefficient (Wildman–Crippen LogP) is 2.54. The highest BCUT2D eigenvalue weighted by Gasteiger charge is 1.99. The highest BCUT2D eigenvalue weighted by Crippen LogP contribution is 2.18. The molecular weight excluding hydrogens is 263 g/mol. The lowest BCUT2D eigenvalue weighted by molar-refractivity contribution is 1.23. The molecule has 3 heteroatoms. The van der Waals surface area contributed by atoms with Gasteiger partial charge in [-0.3, -0.25) is 9.97 Å². The topological polar surface area (TPSA) is 25.8 Å². The highest BCUT2D eigenvalue weighted by atomic mass is 127. The van der Waals surface area contributed by atoms with E-state index in [1.54, 1.807) is 6.20 Å². The van der Waals surface area contributed by atoms with Crippen molar-refractivity contribution in [3.05, 3.63) is 33.8 Å². The Morgan fingerprint density at radius 2 is 2.25 bits per heavy atom. The Balaban J connectivity index is 2.89. The fourth-order valence-electron chi connectivity index (χ4n) is 1.15. The van der Waals surface area contributed by atoms with Gasteiger partial charge in [0, 0.05) is 27.0 Å². The van der Waals surface area contributed by atoms with Crippen molar-refractivity contribution in [2.75, 3.05) is 0 Å². The summed E-state index contributed by atoms with van der Waals surface area (Å²) in [5.41, 5.74) is 2.08. The van der Waals surface area contributed by atoms with Crippen LogP contribution in [0.25, 0.3) is 10.9 Å². The van der Waals surface area contributed by atoms with E-state index in [0.717, 1.165) is 16.6 Å². The molecule has 0 fully saturated rings. The minimum Gasteiger partial charge on any atom is -0.264 e. The molecule has 0 spiro atoms. The Morgan fingerprint density at radius 1 is 1.42 bits per heavy atom. The van der Waals surface area contributed by atoms with E-state index in [1.165, 1.54) is 3.57 Å². The van der Waals surface area contributed by atoms with Crippen molar-refractivity contribution >= 4 is 33.5 Å². The van der Waals surface area contributed by atoms with E-state index in [9.17, 15) is 0 Å². The Hall–Kier alpha value is -0.710. The van der Waals surface area contributed by atoms with Crippen LogP contribution in [0, 0.1) is 10.5 Å². The van der Waals surface area contributed by atoms with Crippen LogP contribution in [0.2, 0.25) is 0 Å². The van der Waals surface area contributed by atoms with E-state index >= 15 is 0 Å². The summed E-state index contributed by atoms with van der Waals surface area (Å²) < 4.78 is 1.21. The number of hydrogen-bond donors (Lipinski definition) is 0. The number of hydrogen-bond acceptors (Lipinski definition) is 2. The fourth-order valence-corrected chi connectivity index (χ4v) is 2.02. The SMILES string of the molecule is Cc1cc(I)c2cnccc2n1. The quantitative estimate of drug-likeness (QED) is 0.687. The van der Waals surface area contributed by atoms with E-state index in [-0.39, 0.29) is 0 Å². The van der Waals surface area contributed by atoms with Gasteiger partial charge in [-0.2, -0.15) is 0 Å². The molecule has 0 bridgehead atoms. The smallest absolute Gasteiger partial charge is 0.0746 e. The summed E-state index contributed by atoms with van der Waals surface area (Å²) in [5, 5.41) is 1.13. The summed E-state index contributed by atoms with van der Waals surface area (Å²) in [7, 11) is 0. The van der Waals surface area contributed by atoms with Gasteiger partial charge in [-0.05, 0) is 41.6 Å². The second-order valence-electron chi connectivity index (χ2n) is 2.64. The summed E-state index contributed by atoms with van der Waals surface area (Å²) in [4.78, 5) is 8.45. The zero-order valence-corrected chi connectivity index (χ0v) is 8.74. The van der Waals surface area contributed by atoms with E-state index in [2.05, 4.69) is 38.6 Å². The number of rotatable bonds is 0. The van der Waals surface area contributed by atoms with Crippen LogP contribution in [-0.2, 0) is 0 Å². The van der Waals surface area contributed by atoms with Crippen LogP contribution in [0.15, 0.2) is 24.5 Å². The Morgan fingerprint density at radius 3 is 3.08 bits per heavy atom. The molecule has 0 saturated carbocycles. The Labute approximate surface area is 84.2 Å². The van der Waals surface area contributed by atoms with E-state index in [0.29, 0.717) is 0 Å². The van der Waals surface area contributed by atoms with Crippen molar-refractivity contribution in [3.63, 3.8) is 0 Å². The van der Waals surface area contributed by atoms with Crippen molar-refractivity contribution in [2.24, 2.45) is 0 Å². The molecule has 60 valence electrons. The van der Waals surface area contributed by atoms with Crippen molar-refractivity contribution < 1.29 is 0 Å². The average Bonchev–Trinajstić information content (AvgIpc) is 2.04. The minimum absolute atomic E-state index is 1.02. The van der Waals surface area contributed by atoms with Gasteiger partial charge in [-0.25, -0.2) is 0 Å². The first kappa shape index (κ1) is 7.91. The van der Waals surface area contributed by atoms with Gasteiger partial charge in [-0.15, -0.1) is 0 Å². The number of pyridine rings is 2. The van der Waals surface area contributed by atoms with Gasteiger partial charge in [0.1, 0.15) is 0 Å². The first-order valence-corrected chi connectivity index (χ1v) is 4.72. The van der Waals surface area contributed by atoms with Gasteiger partial charge in [0.2, 0.25) is 0 Å². The molecule has 0 N–H and O–H groups in total. The van der Waals surface area contributed by atoms with Crippen LogP contribution in [0.5, 0.6) is 0 Å². The molecule has 2 heterocycles. The van der Waals surface area contributed by atoms with Crippen molar-refractivity contribution in [3.8, 4) is 0 Å². The lowest BCUT2D eigenvalue weighted by Gasteiger charge is -1.99. The molecule has 2 nitrogen and oxygen atoms in total. The fraction of sp³-hybridized carbons (Fsp3) is 0.111. The van der Waals surface area contributed by atoms with Crippen molar-refractivity contribution in [1.82, 2.24) is 9.97 Å². The molecule has 0 unspecified atom stereocenters. The summed E-state index contributed by atoms with van der Waals surface area (Å²) in [6.07, 6.45) is 3.62. The highest BCUT2D eigenvalue weighted by molar-refractivity contribution is 14.1. The molecule has 12 heavy (non-hydrogen) atoms. The normalized spacial score (nSPS) is 10.5. The number of aromatic nitrogens is 2. The molecule has 0 atom stereocenters. The van der Waals surface area contributed by atoms with Gasteiger partial charge in [-0.1, -0.05) is 0 Å². The molecule has 0 aromatic carbocycles. The van der Waals surface area contributed by atoms with Gasteiger partial charge in [0.05, 0.1) is 5.52 Å². The minimum atomic E-state index is 1.02. The molecule has 0 aliphatic carbocycles. The lowest BCUT2D eigenvalue weighted by Crippen LogP contribution is -1.87. The molecular formula is C9H7IN2. The Kier molecular flexibility index (Phi) is 1.96. The van der Waals surface area contributed by atoms with E-state index < -0.39 is 0 Å². The second kappa shape index (κ2) is 2.97. The summed E-state index contributed by atoms with van der Waals surface area (Å²) in [5.74, 6) is 0. The van der Waals surface area contributed by atoms with Crippen LogP contribution in [0.3, 0.4) is 0 Å². The summed E-state index contributed by atoms with van der Waals surface area (Å²) >= 11 is 2.30.